The topological polar surface area (TPSA) is 117 Å². The van der Waals surface area contributed by atoms with Crippen LogP contribution in [0.15, 0.2) is 49.2 Å². The van der Waals surface area contributed by atoms with Crippen molar-refractivity contribution in [1.29, 1.82) is 0 Å². The molecule has 0 radical (unpaired) electrons. The Balaban J connectivity index is 1.62. The van der Waals surface area contributed by atoms with E-state index < -0.39 is 17.8 Å². The van der Waals surface area contributed by atoms with Crippen LogP contribution in [0, 0.1) is 5.82 Å². The maximum Gasteiger partial charge on any atom is 0.269 e. The highest BCUT2D eigenvalue weighted by atomic mass is 35.5. The van der Waals surface area contributed by atoms with Crippen LogP contribution >= 0.6 is 11.6 Å². The molecular weight excluding hydrogens is 453 g/mol. The fourth-order valence-corrected chi connectivity index (χ4v) is 3.04. The molecule has 170 valence electrons. The number of fused-ring (bicyclic) bond motifs is 1. The molecule has 0 bridgehead atoms. The van der Waals surface area contributed by atoms with Crippen LogP contribution in [-0.4, -0.2) is 54.4 Å². The summed E-state index contributed by atoms with van der Waals surface area (Å²) in [5.41, 5.74) is 0.393. The average molecular weight is 472 g/mol. The molecule has 0 aliphatic carbocycles. The first kappa shape index (κ1) is 22.5. The monoisotopic (exact) mass is 471 g/mol. The molecule has 0 aliphatic rings. The number of aromatic nitrogens is 6. The molecule has 1 unspecified atom stereocenters. The minimum Gasteiger partial charge on any atom is -0.461 e. The zero-order valence-corrected chi connectivity index (χ0v) is 18.4. The largest absolute Gasteiger partial charge is 0.461 e. The molecule has 0 aromatic carbocycles. The van der Waals surface area contributed by atoms with Gasteiger partial charge < -0.3 is 14.8 Å². The van der Waals surface area contributed by atoms with Crippen molar-refractivity contribution in [2.75, 3.05) is 11.9 Å². The van der Waals surface area contributed by atoms with Crippen molar-refractivity contribution < 1.29 is 18.7 Å². The molecule has 0 spiro atoms. The summed E-state index contributed by atoms with van der Waals surface area (Å²) in [6.07, 6.45) is 4.13. The van der Waals surface area contributed by atoms with Crippen LogP contribution in [0.2, 0.25) is 5.02 Å². The molecule has 4 heterocycles. The molecule has 0 saturated carbocycles. The number of rotatable bonds is 8. The Morgan fingerprint density at radius 3 is 2.76 bits per heavy atom. The number of nitrogens with one attached hydrogen (secondary N) is 1. The molecule has 33 heavy (non-hydrogen) atoms. The summed E-state index contributed by atoms with van der Waals surface area (Å²) in [7, 11) is 0. The van der Waals surface area contributed by atoms with Crippen molar-refractivity contribution in [2.45, 2.75) is 26.1 Å². The van der Waals surface area contributed by atoms with Crippen LogP contribution in [0.5, 0.6) is 5.88 Å². The van der Waals surface area contributed by atoms with Gasteiger partial charge in [-0.05, 0) is 38.1 Å². The number of carbonyl (C=O) groups excluding carboxylic acids is 1. The lowest BCUT2D eigenvalue weighted by molar-refractivity contribution is -0.126. The summed E-state index contributed by atoms with van der Waals surface area (Å²) in [4.78, 5) is 29.4. The molecule has 4 aromatic heterocycles. The predicted octanol–water partition coefficient (Wildman–Crippen LogP) is 3.21. The number of amides is 1. The summed E-state index contributed by atoms with van der Waals surface area (Å²) >= 11 is 6.24. The average Bonchev–Trinajstić information content (AvgIpc) is 3.23. The van der Waals surface area contributed by atoms with E-state index in [9.17, 15) is 9.18 Å². The van der Waals surface area contributed by atoms with E-state index in [4.69, 9.17) is 21.1 Å². The highest BCUT2D eigenvalue weighted by Crippen LogP contribution is 2.26. The highest BCUT2D eigenvalue weighted by molar-refractivity contribution is 6.32. The number of anilines is 1. The molecule has 1 N–H and O–H groups in total. The second kappa shape index (κ2) is 9.84. The third kappa shape index (κ3) is 5.21. The zero-order chi connectivity index (χ0) is 23.4. The SMILES string of the molecule is CC(C)OCC(Oc1ncnc2c1cnn2-c1ncccc1Cl)C(=O)Nc1ccc(F)cn1. The van der Waals surface area contributed by atoms with E-state index in [0.717, 1.165) is 6.20 Å². The van der Waals surface area contributed by atoms with Crippen molar-refractivity contribution in [2.24, 2.45) is 0 Å². The fourth-order valence-electron chi connectivity index (χ4n) is 2.84. The lowest BCUT2D eigenvalue weighted by Crippen LogP contribution is -2.38. The lowest BCUT2D eigenvalue weighted by atomic mass is 10.3. The van der Waals surface area contributed by atoms with E-state index in [-0.39, 0.29) is 24.4 Å². The number of carbonyl (C=O) groups is 1. The second-order valence-electron chi connectivity index (χ2n) is 7.12. The second-order valence-corrected chi connectivity index (χ2v) is 7.53. The Labute approximate surface area is 192 Å². The predicted molar refractivity (Wildman–Crippen MR) is 118 cm³/mol. The molecule has 10 nitrogen and oxygen atoms in total. The Morgan fingerprint density at radius 2 is 2.03 bits per heavy atom. The van der Waals surface area contributed by atoms with Gasteiger partial charge >= 0.3 is 0 Å². The van der Waals surface area contributed by atoms with Crippen molar-refractivity contribution >= 4 is 34.4 Å². The minimum atomic E-state index is -1.08. The van der Waals surface area contributed by atoms with Gasteiger partial charge in [0.1, 0.15) is 23.3 Å². The van der Waals surface area contributed by atoms with E-state index in [1.807, 2.05) is 13.8 Å². The zero-order valence-electron chi connectivity index (χ0n) is 17.6. The van der Waals surface area contributed by atoms with Crippen LogP contribution < -0.4 is 10.1 Å². The number of hydrogen-bond acceptors (Lipinski definition) is 8. The number of halogens is 2. The first-order valence-corrected chi connectivity index (χ1v) is 10.3. The maximum atomic E-state index is 13.1. The Morgan fingerprint density at radius 1 is 1.18 bits per heavy atom. The molecule has 0 saturated heterocycles. The number of pyridine rings is 2. The van der Waals surface area contributed by atoms with E-state index in [1.54, 1.807) is 18.3 Å². The van der Waals surface area contributed by atoms with E-state index in [2.05, 4.69) is 30.4 Å². The Hall–Kier alpha value is -3.70. The summed E-state index contributed by atoms with van der Waals surface area (Å²) < 4.78 is 26.1. The number of ether oxygens (including phenoxy) is 2. The van der Waals surface area contributed by atoms with Gasteiger partial charge in [0.25, 0.3) is 5.91 Å². The first-order valence-electron chi connectivity index (χ1n) is 9.92. The minimum absolute atomic E-state index is 0.0591. The molecule has 1 atom stereocenters. The summed E-state index contributed by atoms with van der Waals surface area (Å²) in [6, 6.07) is 5.92. The summed E-state index contributed by atoms with van der Waals surface area (Å²) in [6.45, 7) is 3.61. The fraction of sp³-hybridized carbons (Fsp3) is 0.238. The first-order chi connectivity index (χ1) is 15.9. The van der Waals surface area contributed by atoms with Gasteiger partial charge in [-0.1, -0.05) is 11.6 Å². The smallest absolute Gasteiger partial charge is 0.269 e. The standard InChI is InChI=1S/C21H19ClFN7O3/c1-12(2)32-10-16(20(31)29-17-6-5-13(23)8-25-17)33-21-14-9-28-30(18(14)26-11-27-21)19-15(22)4-3-7-24-19/h3-9,11-12,16H,10H2,1-2H3,(H,25,29,31). The van der Waals surface area contributed by atoms with Crippen molar-refractivity contribution in [3.63, 3.8) is 0 Å². The molecule has 0 fully saturated rings. The quantitative estimate of drug-likeness (QED) is 0.416. The van der Waals surface area contributed by atoms with Crippen LogP contribution in [0.3, 0.4) is 0 Å². The van der Waals surface area contributed by atoms with E-state index >= 15 is 0 Å². The van der Waals surface area contributed by atoms with Gasteiger partial charge in [0.2, 0.25) is 12.0 Å². The summed E-state index contributed by atoms with van der Waals surface area (Å²) in [5, 5.41) is 7.72. The van der Waals surface area contributed by atoms with Crippen LogP contribution in [0.1, 0.15) is 13.8 Å². The van der Waals surface area contributed by atoms with Gasteiger partial charge in [0.05, 0.1) is 30.1 Å². The van der Waals surface area contributed by atoms with Crippen LogP contribution in [0.25, 0.3) is 16.9 Å². The molecule has 12 heteroatoms. The van der Waals surface area contributed by atoms with Crippen molar-refractivity contribution in [3.05, 3.63) is 60.0 Å². The third-order valence-electron chi connectivity index (χ3n) is 4.37. The van der Waals surface area contributed by atoms with Crippen LogP contribution in [-0.2, 0) is 9.53 Å². The molecule has 4 aromatic rings. The number of nitrogens with zero attached hydrogens (tertiary/aromatic N) is 6. The Kier molecular flexibility index (Phi) is 6.71. The number of hydrogen-bond donors (Lipinski definition) is 1. The van der Waals surface area contributed by atoms with Gasteiger partial charge in [0, 0.05) is 6.20 Å². The normalized spacial score (nSPS) is 12.2. The molecule has 1 amide bonds. The molecule has 4 rings (SSSR count). The van der Waals surface area contributed by atoms with Gasteiger partial charge in [-0.15, -0.1) is 0 Å². The summed E-state index contributed by atoms with van der Waals surface area (Å²) in [5.74, 6) is -0.375. The van der Waals surface area contributed by atoms with Gasteiger partial charge in [-0.25, -0.2) is 24.3 Å². The molecular formula is C21H19ClFN7O3. The van der Waals surface area contributed by atoms with E-state index in [0.29, 0.717) is 21.9 Å². The van der Waals surface area contributed by atoms with Crippen LogP contribution in [0.4, 0.5) is 10.2 Å². The third-order valence-corrected chi connectivity index (χ3v) is 4.67. The Bertz CT molecular complexity index is 1270. The van der Waals surface area contributed by atoms with Gasteiger partial charge in [-0.2, -0.15) is 9.78 Å². The lowest BCUT2D eigenvalue weighted by Gasteiger charge is -2.19. The van der Waals surface area contributed by atoms with Crippen molar-refractivity contribution in [1.82, 2.24) is 29.7 Å². The van der Waals surface area contributed by atoms with Gasteiger partial charge in [0.15, 0.2) is 11.5 Å². The maximum absolute atomic E-state index is 13.1. The highest BCUT2D eigenvalue weighted by Gasteiger charge is 2.25. The molecule has 0 aliphatic heterocycles. The van der Waals surface area contributed by atoms with Gasteiger partial charge in [-0.3, -0.25) is 4.79 Å². The van der Waals surface area contributed by atoms with Crippen molar-refractivity contribution in [3.8, 4) is 11.7 Å². The van der Waals surface area contributed by atoms with E-state index in [1.165, 1.54) is 29.3 Å².